The van der Waals surface area contributed by atoms with Gasteiger partial charge in [0.2, 0.25) is 0 Å². The van der Waals surface area contributed by atoms with Gasteiger partial charge in [-0.3, -0.25) is 4.79 Å². The van der Waals surface area contributed by atoms with Gasteiger partial charge in [0, 0.05) is 6.42 Å². The Morgan fingerprint density at radius 1 is 1.13 bits per heavy atom. The molecule has 1 N–H and O–H groups in total. The SMILES string of the molecule is C[C@]12CCC(=O)C(Br)=C1CC[C@@H]1[C@@H]2CC[C@]2(C)[C@@H](O)C[C@H]3C[C@@]312. The molecule has 2 nitrogen and oxygen atoms in total. The highest BCUT2D eigenvalue weighted by molar-refractivity contribution is 9.12. The van der Waals surface area contributed by atoms with Crippen LogP contribution in [0.2, 0.25) is 0 Å². The molecule has 0 bridgehead atoms. The van der Waals surface area contributed by atoms with Crippen molar-refractivity contribution in [2.24, 2.45) is 34.0 Å². The molecule has 0 aromatic rings. The van der Waals surface area contributed by atoms with Crippen LogP contribution in [0.4, 0.5) is 0 Å². The monoisotopic (exact) mass is 378 g/mol. The van der Waals surface area contributed by atoms with Gasteiger partial charge in [-0.1, -0.05) is 13.8 Å². The maximum Gasteiger partial charge on any atom is 0.169 e. The summed E-state index contributed by atoms with van der Waals surface area (Å²) >= 11 is 3.64. The standard InChI is InChI=1S/C20H27BrO2/c1-18-7-6-15(22)17(21)14(18)4-3-13-12(18)5-8-19(2)16(23)9-11-10-20(11,13)19/h11-13,16,23H,3-10H2,1-2H3/t11-,12-,13+,16-,18+,19+,20+/m0/s1. The van der Waals surface area contributed by atoms with E-state index < -0.39 is 0 Å². The van der Waals surface area contributed by atoms with E-state index >= 15 is 0 Å². The lowest BCUT2D eigenvalue weighted by Crippen LogP contribution is -2.53. The lowest BCUT2D eigenvalue weighted by atomic mass is 9.45. The molecule has 5 rings (SSSR count). The van der Waals surface area contributed by atoms with Gasteiger partial charge in [0.1, 0.15) is 0 Å². The smallest absolute Gasteiger partial charge is 0.169 e. The fraction of sp³-hybridized carbons (Fsp3) is 0.850. The van der Waals surface area contributed by atoms with Crippen molar-refractivity contribution in [1.29, 1.82) is 0 Å². The topological polar surface area (TPSA) is 37.3 Å². The van der Waals surface area contributed by atoms with Crippen molar-refractivity contribution in [2.45, 2.75) is 71.3 Å². The van der Waals surface area contributed by atoms with Crippen molar-refractivity contribution in [3.63, 3.8) is 0 Å². The summed E-state index contributed by atoms with van der Waals surface area (Å²) in [6, 6.07) is 0. The Balaban J connectivity index is 1.59. The quantitative estimate of drug-likeness (QED) is 0.668. The van der Waals surface area contributed by atoms with E-state index in [2.05, 4.69) is 29.8 Å². The summed E-state index contributed by atoms with van der Waals surface area (Å²) in [4.78, 5) is 12.2. The van der Waals surface area contributed by atoms with Crippen LogP contribution in [0.3, 0.4) is 0 Å². The second-order valence-electron chi connectivity index (χ2n) is 9.53. The maximum absolute atomic E-state index is 12.2. The van der Waals surface area contributed by atoms with Gasteiger partial charge in [-0.25, -0.2) is 0 Å². The van der Waals surface area contributed by atoms with E-state index in [-0.39, 0.29) is 16.9 Å². The minimum atomic E-state index is -0.0772. The summed E-state index contributed by atoms with van der Waals surface area (Å²) in [5, 5.41) is 10.7. The number of Topliss-reactive ketones (excluding diaryl/α,β-unsaturated/α-hetero) is 1. The number of allylic oxidation sites excluding steroid dienone is 1. The van der Waals surface area contributed by atoms with Crippen LogP contribution in [-0.4, -0.2) is 17.0 Å². The van der Waals surface area contributed by atoms with E-state index in [0.29, 0.717) is 17.6 Å². The number of ketones is 1. The van der Waals surface area contributed by atoms with Crippen LogP contribution in [0.1, 0.15) is 65.2 Å². The first-order chi connectivity index (χ1) is 10.8. The largest absolute Gasteiger partial charge is 0.393 e. The molecule has 3 heteroatoms. The molecule has 0 aromatic heterocycles. The highest BCUT2D eigenvalue weighted by Gasteiger charge is 2.77. The Hall–Kier alpha value is -0.150. The van der Waals surface area contributed by atoms with Crippen LogP contribution in [-0.2, 0) is 4.79 Å². The lowest BCUT2D eigenvalue weighted by molar-refractivity contribution is -0.120. The molecule has 23 heavy (non-hydrogen) atoms. The number of rotatable bonds is 0. The Bertz CT molecular complexity index is 640. The molecule has 5 aliphatic carbocycles. The van der Waals surface area contributed by atoms with Gasteiger partial charge >= 0.3 is 0 Å². The molecule has 0 unspecified atom stereocenters. The highest BCUT2D eigenvalue weighted by atomic mass is 79.9. The van der Waals surface area contributed by atoms with E-state index in [1.165, 1.54) is 31.3 Å². The first-order valence-electron chi connectivity index (χ1n) is 9.45. The van der Waals surface area contributed by atoms with Crippen molar-refractivity contribution >= 4 is 21.7 Å². The summed E-state index contributed by atoms with van der Waals surface area (Å²) in [7, 11) is 0. The number of halogens is 1. The molecule has 0 heterocycles. The van der Waals surface area contributed by atoms with Crippen molar-refractivity contribution in [2.75, 3.05) is 0 Å². The van der Waals surface area contributed by atoms with Crippen LogP contribution >= 0.6 is 15.9 Å². The molecule has 5 aliphatic rings. The van der Waals surface area contributed by atoms with E-state index in [4.69, 9.17) is 0 Å². The van der Waals surface area contributed by atoms with E-state index in [1.807, 2.05) is 0 Å². The van der Waals surface area contributed by atoms with Crippen molar-refractivity contribution in [3.8, 4) is 0 Å². The van der Waals surface area contributed by atoms with Crippen LogP contribution in [0.15, 0.2) is 10.1 Å². The van der Waals surface area contributed by atoms with Crippen LogP contribution in [0, 0.1) is 34.0 Å². The first kappa shape index (κ1) is 15.1. The summed E-state index contributed by atoms with van der Waals surface area (Å²) in [6.45, 7) is 4.82. The minimum Gasteiger partial charge on any atom is -0.393 e. The average Bonchev–Trinajstić information content (AvgIpc) is 3.17. The second-order valence-corrected chi connectivity index (χ2v) is 10.3. The van der Waals surface area contributed by atoms with E-state index in [9.17, 15) is 9.90 Å². The van der Waals surface area contributed by atoms with Gasteiger partial charge in [-0.2, -0.15) is 0 Å². The van der Waals surface area contributed by atoms with Crippen LogP contribution in [0.25, 0.3) is 0 Å². The Labute approximate surface area is 147 Å². The second kappa shape index (κ2) is 4.33. The fourth-order valence-electron chi connectivity index (χ4n) is 7.85. The fourth-order valence-corrected chi connectivity index (χ4v) is 8.70. The van der Waals surface area contributed by atoms with Crippen LogP contribution in [0.5, 0.6) is 0 Å². The molecular weight excluding hydrogens is 352 g/mol. The number of hydrogen-bond donors (Lipinski definition) is 1. The molecule has 1 spiro atoms. The van der Waals surface area contributed by atoms with E-state index in [1.54, 1.807) is 0 Å². The van der Waals surface area contributed by atoms with Crippen molar-refractivity contribution < 1.29 is 9.90 Å². The zero-order valence-electron chi connectivity index (χ0n) is 14.2. The zero-order chi connectivity index (χ0) is 16.2. The molecule has 7 atom stereocenters. The van der Waals surface area contributed by atoms with Gasteiger partial charge in [0.25, 0.3) is 0 Å². The number of carbonyl (C=O) groups is 1. The molecule has 4 saturated carbocycles. The predicted octanol–water partition coefficient (Wildman–Crippen LogP) is 4.60. The molecule has 126 valence electrons. The van der Waals surface area contributed by atoms with Crippen molar-refractivity contribution in [3.05, 3.63) is 10.1 Å². The van der Waals surface area contributed by atoms with Crippen LogP contribution < -0.4 is 0 Å². The molecule has 0 aromatic carbocycles. The normalized spacial score (nSPS) is 57.5. The lowest BCUT2D eigenvalue weighted by Gasteiger charge is -2.59. The maximum atomic E-state index is 12.2. The van der Waals surface area contributed by atoms with Crippen molar-refractivity contribution in [1.82, 2.24) is 0 Å². The highest BCUT2D eigenvalue weighted by Crippen LogP contribution is 2.82. The molecular formula is C20H27BrO2. The Morgan fingerprint density at radius 3 is 2.70 bits per heavy atom. The first-order valence-corrected chi connectivity index (χ1v) is 10.2. The van der Waals surface area contributed by atoms with Gasteiger partial charge < -0.3 is 5.11 Å². The average molecular weight is 379 g/mol. The molecule has 0 saturated heterocycles. The number of hydrogen-bond acceptors (Lipinski definition) is 2. The molecule has 0 aliphatic heterocycles. The Kier molecular flexibility index (Phi) is 2.85. The third-order valence-electron chi connectivity index (χ3n) is 9.18. The zero-order valence-corrected chi connectivity index (χ0v) is 15.8. The number of aliphatic hydroxyl groups excluding tert-OH is 1. The molecule has 0 radical (unpaired) electrons. The molecule has 0 amide bonds. The van der Waals surface area contributed by atoms with Gasteiger partial charge in [0.15, 0.2) is 5.78 Å². The molecule has 4 fully saturated rings. The predicted molar refractivity (Wildman–Crippen MR) is 93.0 cm³/mol. The number of fused-ring (bicyclic) bond motifs is 3. The summed E-state index contributed by atoms with van der Waals surface area (Å²) < 4.78 is 0.911. The van der Waals surface area contributed by atoms with Gasteiger partial charge in [-0.15, -0.1) is 0 Å². The third-order valence-corrected chi connectivity index (χ3v) is 10.1. The number of aliphatic hydroxyl groups is 1. The van der Waals surface area contributed by atoms with E-state index in [0.717, 1.165) is 41.5 Å². The minimum absolute atomic E-state index is 0.0772. The number of carbonyl (C=O) groups excluding carboxylic acids is 1. The summed E-state index contributed by atoms with van der Waals surface area (Å²) in [6.07, 6.45) is 8.81. The van der Waals surface area contributed by atoms with Gasteiger partial charge in [-0.05, 0) is 100 Å². The summed E-state index contributed by atoms with van der Waals surface area (Å²) in [5.74, 6) is 2.58. The summed E-state index contributed by atoms with van der Waals surface area (Å²) in [5.41, 5.74) is 2.23. The Morgan fingerprint density at radius 2 is 1.91 bits per heavy atom. The third kappa shape index (κ3) is 1.54. The van der Waals surface area contributed by atoms with Gasteiger partial charge in [0.05, 0.1) is 10.6 Å².